The van der Waals surface area contributed by atoms with Crippen molar-refractivity contribution in [2.24, 2.45) is 0 Å². The summed E-state index contributed by atoms with van der Waals surface area (Å²) in [5.41, 5.74) is -1.29. The van der Waals surface area contributed by atoms with Gasteiger partial charge in [0.1, 0.15) is 9.50 Å². The minimum atomic E-state index is -4.45. The van der Waals surface area contributed by atoms with Crippen LogP contribution in [0, 0.1) is 5.82 Å². The van der Waals surface area contributed by atoms with Crippen molar-refractivity contribution in [1.82, 2.24) is 4.98 Å². The number of hydrogen-bond donors (Lipinski definition) is 0. The molecule has 3 nitrogen and oxygen atoms in total. The summed E-state index contributed by atoms with van der Waals surface area (Å²) < 4.78 is 59.1. The van der Waals surface area contributed by atoms with Gasteiger partial charge in [0, 0.05) is 16.9 Å². The van der Waals surface area contributed by atoms with Gasteiger partial charge in [0.25, 0.3) is 15.5 Å². The molecule has 1 aromatic heterocycles. The van der Waals surface area contributed by atoms with Gasteiger partial charge in [-0.05, 0) is 15.9 Å². The van der Waals surface area contributed by atoms with E-state index in [9.17, 15) is 21.6 Å². The molecule has 0 spiro atoms. The highest BCUT2D eigenvalue weighted by molar-refractivity contribution is 9.10. The van der Waals surface area contributed by atoms with Gasteiger partial charge in [-0.15, -0.1) is 0 Å². The lowest BCUT2D eigenvalue weighted by atomic mass is 10.3. The van der Waals surface area contributed by atoms with Crippen molar-refractivity contribution in [2.75, 3.05) is 0 Å². The molecule has 0 aromatic carbocycles. The SMILES string of the molecule is O=S(=O)(Cl)c1cnc(Br)c(F)c1C(F)F. The predicted molar refractivity (Wildman–Crippen MR) is 49.9 cm³/mol. The second-order valence-electron chi connectivity index (χ2n) is 2.38. The van der Waals surface area contributed by atoms with Gasteiger partial charge in [-0.2, -0.15) is 0 Å². The number of hydrogen-bond acceptors (Lipinski definition) is 3. The van der Waals surface area contributed by atoms with E-state index in [2.05, 4.69) is 20.9 Å². The fourth-order valence-electron chi connectivity index (χ4n) is 0.858. The molecular weight excluding hydrogens is 322 g/mol. The third-order valence-electron chi connectivity index (χ3n) is 1.46. The zero-order valence-corrected chi connectivity index (χ0v) is 9.87. The van der Waals surface area contributed by atoms with Crippen LogP contribution in [0.5, 0.6) is 0 Å². The first kappa shape index (κ1) is 12.7. The van der Waals surface area contributed by atoms with Crippen LogP contribution in [0.1, 0.15) is 12.0 Å². The van der Waals surface area contributed by atoms with E-state index >= 15 is 0 Å². The summed E-state index contributed by atoms with van der Waals surface area (Å²) in [6.07, 6.45) is -2.73. The Balaban J connectivity index is 3.62. The minimum Gasteiger partial charge on any atom is -0.245 e. The smallest absolute Gasteiger partial charge is 0.245 e. The summed E-state index contributed by atoms with van der Waals surface area (Å²) in [5.74, 6) is -1.44. The van der Waals surface area contributed by atoms with Crippen molar-refractivity contribution in [3.05, 3.63) is 22.2 Å². The average molecular weight is 325 g/mol. The predicted octanol–water partition coefficient (Wildman–Crippen LogP) is 2.85. The van der Waals surface area contributed by atoms with Gasteiger partial charge in [0.15, 0.2) is 5.82 Å². The number of aromatic nitrogens is 1. The van der Waals surface area contributed by atoms with Crippen LogP contribution in [0.15, 0.2) is 15.7 Å². The maximum Gasteiger partial charge on any atom is 0.268 e. The Morgan fingerprint density at radius 1 is 1.47 bits per heavy atom. The Kier molecular flexibility index (Phi) is 3.62. The fourth-order valence-corrected chi connectivity index (χ4v) is 2.16. The van der Waals surface area contributed by atoms with Crippen LogP contribution in [-0.4, -0.2) is 13.4 Å². The number of halogens is 5. The normalized spacial score (nSPS) is 12.1. The highest BCUT2D eigenvalue weighted by Crippen LogP contribution is 2.32. The molecule has 0 aliphatic carbocycles. The topological polar surface area (TPSA) is 47.0 Å². The van der Waals surface area contributed by atoms with Gasteiger partial charge >= 0.3 is 0 Å². The Hall–Kier alpha value is -0.340. The van der Waals surface area contributed by atoms with Gasteiger partial charge < -0.3 is 0 Å². The molecule has 0 amide bonds. The summed E-state index contributed by atoms with van der Waals surface area (Å²) in [6, 6.07) is 0. The summed E-state index contributed by atoms with van der Waals surface area (Å²) in [5, 5.41) is 0. The summed E-state index contributed by atoms with van der Waals surface area (Å²) in [7, 11) is 0.400. The highest BCUT2D eigenvalue weighted by atomic mass is 79.9. The van der Waals surface area contributed by atoms with Crippen LogP contribution < -0.4 is 0 Å². The first-order valence-corrected chi connectivity index (χ1v) is 6.42. The van der Waals surface area contributed by atoms with Crippen molar-refractivity contribution >= 4 is 35.7 Å². The maximum atomic E-state index is 13.1. The highest BCUT2D eigenvalue weighted by Gasteiger charge is 2.27. The van der Waals surface area contributed by atoms with Crippen molar-refractivity contribution in [2.45, 2.75) is 11.3 Å². The molecule has 0 saturated heterocycles. The number of alkyl halides is 2. The van der Waals surface area contributed by atoms with Gasteiger partial charge in [-0.25, -0.2) is 26.6 Å². The summed E-state index contributed by atoms with van der Waals surface area (Å²) >= 11 is 2.56. The van der Waals surface area contributed by atoms with Crippen LogP contribution in [0.25, 0.3) is 0 Å². The first-order valence-electron chi connectivity index (χ1n) is 3.32. The molecule has 0 fully saturated rings. The van der Waals surface area contributed by atoms with Crippen molar-refractivity contribution < 1.29 is 21.6 Å². The van der Waals surface area contributed by atoms with Crippen LogP contribution in [0.4, 0.5) is 13.2 Å². The van der Waals surface area contributed by atoms with Gasteiger partial charge in [0.05, 0.1) is 5.56 Å². The third-order valence-corrected chi connectivity index (χ3v) is 3.36. The van der Waals surface area contributed by atoms with Crippen LogP contribution in [-0.2, 0) is 9.05 Å². The molecule has 1 rings (SSSR count). The monoisotopic (exact) mass is 323 g/mol. The lowest BCUT2D eigenvalue weighted by Crippen LogP contribution is -2.04. The Bertz CT molecular complexity index is 493. The van der Waals surface area contributed by atoms with Gasteiger partial charge in [0.2, 0.25) is 0 Å². The molecule has 0 aliphatic rings. The Morgan fingerprint density at radius 2 is 2.00 bits per heavy atom. The zero-order chi connectivity index (χ0) is 11.8. The van der Waals surface area contributed by atoms with E-state index in [-0.39, 0.29) is 0 Å². The molecule has 15 heavy (non-hydrogen) atoms. The summed E-state index contributed by atoms with van der Waals surface area (Å²) in [6.45, 7) is 0. The first-order chi connectivity index (χ1) is 6.75. The van der Waals surface area contributed by atoms with E-state index in [4.69, 9.17) is 10.7 Å². The molecule has 9 heteroatoms. The average Bonchev–Trinajstić information content (AvgIpc) is 2.06. The number of nitrogens with zero attached hydrogens (tertiary/aromatic N) is 1. The summed E-state index contributed by atoms with van der Waals surface area (Å²) in [4.78, 5) is 2.20. The zero-order valence-electron chi connectivity index (χ0n) is 6.72. The van der Waals surface area contributed by atoms with Crippen LogP contribution in [0.3, 0.4) is 0 Å². The molecule has 84 valence electrons. The number of pyridine rings is 1. The van der Waals surface area contributed by atoms with E-state index in [1.807, 2.05) is 0 Å². The van der Waals surface area contributed by atoms with Crippen LogP contribution >= 0.6 is 26.6 Å². The van der Waals surface area contributed by atoms with Crippen molar-refractivity contribution in [3.63, 3.8) is 0 Å². The molecule has 0 atom stereocenters. The van der Waals surface area contributed by atoms with Crippen molar-refractivity contribution in [3.8, 4) is 0 Å². The Morgan fingerprint density at radius 3 is 2.40 bits per heavy atom. The van der Waals surface area contributed by atoms with E-state index in [0.29, 0.717) is 6.20 Å². The van der Waals surface area contributed by atoms with Crippen molar-refractivity contribution in [1.29, 1.82) is 0 Å². The largest absolute Gasteiger partial charge is 0.268 e. The maximum absolute atomic E-state index is 13.1. The lowest BCUT2D eigenvalue weighted by Gasteiger charge is -2.07. The quantitative estimate of drug-likeness (QED) is 0.621. The number of rotatable bonds is 2. The Labute approximate surface area is 95.8 Å². The van der Waals surface area contributed by atoms with Gasteiger partial charge in [-0.1, -0.05) is 0 Å². The van der Waals surface area contributed by atoms with E-state index < -0.39 is 36.4 Å². The molecular formula is C6H2BrClF3NO2S. The molecule has 1 heterocycles. The molecule has 0 aliphatic heterocycles. The minimum absolute atomic E-state index is 0.498. The molecule has 0 bridgehead atoms. The molecule has 0 radical (unpaired) electrons. The molecule has 0 unspecified atom stereocenters. The van der Waals surface area contributed by atoms with Gasteiger partial charge in [-0.3, -0.25) is 0 Å². The standard InChI is InChI=1S/C6H2BrClF3NO2S/c7-5-4(9)3(6(10)11)2(1-12-5)15(8,13)14/h1,6H. The van der Waals surface area contributed by atoms with E-state index in [0.717, 1.165) is 0 Å². The van der Waals surface area contributed by atoms with E-state index in [1.165, 1.54) is 0 Å². The molecule has 0 N–H and O–H groups in total. The molecule has 1 aromatic rings. The second kappa shape index (κ2) is 4.26. The fraction of sp³-hybridized carbons (Fsp3) is 0.167. The second-order valence-corrected chi connectivity index (χ2v) is 5.66. The molecule has 0 saturated carbocycles. The van der Waals surface area contributed by atoms with Crippen LogP contribution in [0.2, 0.25) is 0 Å². The third kappa shape index (κ3) is 2.61. The van der Waals surface area contributed by atoms with E-state index in [1.54, 1.807) is 0 Å². The lowest BCUT2D eigenvalue weighted by molar-refractivity contribution is 0.142.